The van der Waals surface area contributed by atoms with Crippen molar-refractivity contribution in [2.75, 3.05) is 0 Å². The van der Waals surface area contributed by atoms with Gasteiger partial charge in [0.1, 0.15) is 0 Å². The molecule has 0 aliphatic heterocycles. The van der Waals surface area contributed by atoms with E-state index in [-0.39, 0.29) is 0 Å². The maximum Gasteiger partial charge on any atom is 0.300 e. The Labute approximate surface area is 135 Å². The number of hydrogen-bond donors (Lipinski definition) is 0. The van der Waals surface area contributed by atoms with Gasteiger partial charge in [0.25, 0.3) is 0 Å². The summed E-state index contributed by atoms with van der Waals surface area (Å²) in [5, 5.41) is 0. The van der Waals surface area contributed by atoms with Gasteiger partial charge in [-0.1, -0.05) is 36.8 Å². The summed E-state index contributed by atoms with van der Waals surface area (Å²) < 4.78 is 12.7. The maximum atomic E-state index is 6.36. The van der Waals surface area contributed by atoms with Crippen molar-refractivity contribution in [3.8, 4) is 0 Å². The molecule has 0 fully saturated rings. The average molecular weight is 341 g/mol. The summed E-state index contributed by atoms with van der Waals surface area (Å²) in [6.07, 6.45) is 3.63. The molecule has 1 aromatic carbocycles. The highest BCUT2D eigenvalue weighted by Gasteiger charge is 2.28. The third kappa shape index (κ3) is 10.2. The Bertz CT molecular complexity index is 380. The summed E-state index contributed by atoms with van der Waals surface area (Å²) in [5.74, 6) is 0. The molecule has 0 spiro atoms. The SMILES string of the molecule is C[Si](C)(C)O[SiH](CCCCc1ccccc1)O[Si](C)(C)C. The molecule has 21 heavy (non-hydrogen) atoms. The van der Waals surface area contributed by atoms with Crippen LogP contribution in [0.2, 0.25) is 45.3 Å². The fourth-order valence-corrected chi connectivity index (χ4v) is 10.7. The number of benzene rings is 1. The highest BCUT2D eigenvalue weighted by Crippen LogP contribution is 2.17. The van der Waals surface area contributed by atoms with Crippen molar-refractivity contribution >= 4 is 25.9 Å². The third-order valence-electron chi connectivity index (χ3n) is 2.97. The normalized spacial score (nSPS) is 12.9. The molecule has 1 rings (SSSR count). The second-order valence-corrected chi connectivity index (χ2v) is 19.4. The number of aryl methyl sites for hydroxylation is 1. The first-order chi connectivity index (χ1) is 9.66. The van der Waals surface area contributed by atoms with Gasteiger partial charge in [0.15, 0.2) is 16.6 Å². The lowest BCUT2D eigenvalue weighted by molar-refractivity contribution is 0.414. The third-order valence-corrected chi connectivity index (χ3v) is 11.6. The van der Waals surface area contributed by atoms with Crippen LogP contribution in [0.15, 0.2) is 30.3 Å². The van der Waals surface area contributed by atoms with E-state index in [2.05, 4.69) is 69.6 Å². The van der Waals surface area contributed by atoms with Gasteiger partial charge in [-0.05, 0) is 63.7 Å². The number of rotatable bonds is 9. The molecule has 120 valence electrons. The van der Waals surface area contributed by atoms with E-state index >= 15 is 0 Å². The highest BCUT2D eigenvalue weighted by atomic mass is 28.4. The lowest BCUT2D eigenvalue weighted by Crippen LogP contribution is -2.43. The molecular weight excluding hydrogens is 308 g/mol. The van der Waals surface area contributed by atoms with E-state index in [1.54, 1.807) is 0 Å². The average Bonchev–Trinajstić information content (AvgIpc) is 2.32. The van der Waals surface area contributed by atoms with Crippen LogP contribution in [0.25, 0.3) is 0 Å². The molecule has 0 aliphatic rings. The van der Waals surface area contributed by atoms with E-state index in [0.29, 0.717) is 0 Å². The van der Waals surface area contributed by atoms with E-state index in [9.17, 15) is 0 Å². The molecule has 0 bridgehead atoms. The van der Waals surface area contributed by atoms with Gasteiger partial charge in [-0.2, -0.15) is 0 Å². The van der Waals surface area contributed by atoms with E-state index in [0.717, 1.165) is 6.04 Å². The van der Waals surface area contributed by atoms with Crippen LogP contribution < -0.4 is 0 Å². The lowest BCUT2D eigenvalue weighted by Gasteiger charge is -2.30. The first-order valence-corrected chi connectivity index (χ1v) is 16.6. The smallest absolute Gasteiger partial charge is 0.300 e. The Balaban J connectivity index is 2.38. The molecule has 0 saturated heterocycles. The Morgan fingerprint density at radius 3 is 1.81 bits per heavy atom. The largest absolute Gasteiger partial charge is 0.439 e. The minimum Gasteiger partial charge on any atom is -0.439 e. The van der Waals surface area contributed by atoms with Crippen molar-refractivity contribution in [2.45, 2.75) is 64.6 Å². The van der Waals surface area contributed by atoms with Gasteiger partial charge in [-0.15, -0.1) is 0 Å². The molecule has 0 saturated carbocycles. The topological polar surface area (TPSA) is 18.5 Å². The fraction of sp³-hybridized carbons (Fsp3) is 0.625. The van der Waals surface area contributed by atoms with Crippen LogP contribution in [0, 0.1) is 0 Å². The van der Waals surface area contributed by atoms with Gasteiger partial charge >= 0.3 is 9.28 Å². The predicted molar refractivity (Wildman–Crippen MR) is 100 cm³/mol. The molecular formula is C16H32O2Si3. The molecule has 2 nitrogen and oxygen atoms in total. The van der Waals surface area contributed by atoms with Crippen LogP contribution in [0.4, 0.5) is 0 Å². The van der Waals surface area contributed by atoms with Crippen LogP contribution in [0.5, 0.6) is 0 Å². The highest BCUT2D eigenvalue weighted by molar-refractivity contribution is 6.81. The standard InChI is InChI=1S/C16H32O2Si3/c1-20(2,3)17-19(18-21(4,5)6)15-11-10-14-16-12-8-7-9-13-16/h7-9,12-13,19H,10-11,14-15H2,1-6H3. The molecule has 0 aromatic heterocycles. The molecule has 0 radical (unpaired) electrons. The van der Waals surface area contributed by atoms with E-state index < -0.39 is 25.9 Å². The van der Waals surface area contributed by atoms with Crippen molar-refractivity contribution in [1.29, 1.82) is 0 Å². The molecule has 0 atom stereocenters. The maximum absolute atomic E-state index is 6.36. The van der Waals surface area contributed by atoms with Crippen molar-refractivity contribution in [2.24, 2.45) is 0 Å². The van der Waals surface area contributed by atoms with Crippen LogP contribution in [-0.2, 0) is 14.7 Å². The summed E-state index contributed by atoms with van der Waals surface area (Å²) in [7, 11) is -4.46. The van der Waals surface area contributed by atoms with Crippen LogP contribution in [0.1, 0.15) is 18.4 Å². The minimum absolute atomic E-state index is 1.15. The van der Waals surface area contributed by atoms with Crippen molar-refractivity contribution in [3.05, 3.63) is 35.9 Å². The molecule has 0 aliphatic carbocycles. The quantitative estimate of drug-likeness (QED) is 0.468. The van der Waals surface area contributed by atoms with Crippen LogP contribution in [0.3, 0.4) is 0 Å². The second kappa shape index (κ2) is 8.43. The fourth-order valence-electron chi connectivity index (χ4n) is 2.22. The molecule has 5 heteroatoms. The van der Waals surface area contributed by atoms with Gasteiger partial charge in [-0.25, -0.2) is 0 Å². The summed E-state index contributed by atoms with van der Waals surface area (Å²) in [4.78, 5) is 0. The van der Waals surface area contributed by atoms with Gasteiger partial charge in [0, 0.05) is 0 Å². The Hall–Kier alpha value is -0.209. The predicted octanol–water partition coefficient (Wildman–Crippen LogP) is 4.93. The lowest BCUT2D eigenvalue weighted by atomic mass is 10.1. The number of unbranched alkanes of at least 4 members (excludes halogenated alkanes) is 1. The van der Waals surface area contributed by atoms with E-state index in [1.165, 1.54) is 24.8 Å². The van der Waals surface area contributed by atoms with Gasteiger partial charge < -0.3 is 8.23 Å². The summed E-state index contributed by atoms with van der Waals surface area (Å²) in [6, 6.07) is 11.9. The van der Waals surface area contributed by atoms with E-state index in [4.69, 9.17) is 8.23 Å². The van der Waals surface area contributed by atoms with Crippen LogP contribution in [-0.4, -0.2) is 25.9 Å². The molecule has 0 N–H and O–H groups in total. The Morgan fingerprint density at radius 1 is 0.810 bits per heavy atom. The van der Waals surface area contributed by atoms with Crippen molar-refractivity contribution < 1.29 is 8.23 Å². The van der Waals surface area contributed by atoms with Gasteiger partial charge in [0.2, 0.25) is 0 Å². The molecule has 0 amide bonds. The Morgan fingerprint density at radius 2 is 1.33 bits per heavy atom. The zero-order valence-corrected chi connectivity index (χ0v) is 17.8. The first kappa shape index (κ1) is 18.8. The molecule has 1 aromatic rings. The zero-order valence-electron chi connectivity index (χ0n) is 14.6. The van der Waals surface area contributed by atoms with Gasteiger partial charge in [0.05, 0.1) is 0 Å². The van der Waals surface area contributed by atoms with Crippen molar-refractivity contribution in [1.82, 2.24) is 0 Å². The second-order valence-electron chi connectivity index (χ2n) is 7.62. The molecule has 0 heterocycles. The molecule has 0 unspecified atom stereocenters. The van der Waals surface area contributed by atoms with Crippen LogP contribution >= 0.6 is 0 Å². The summed E-state index contributed by atoms with van der Waals surface area (Å²) in [6.45, 7) is 13.6. The first-order valence-electron chi connectivity index (χ1n) is 8.05. The monoisotopic (exact) mass is 340 g/mol. The van der Waals surface area contributed by atoms with Gasteiger partial charge in [-0.3, -0.25) is 0 Å². The van der Waals surface area contributed by atoms with E-state index in [1.807, 2.05) is 0 Å². The minimum atomic E-state index is -1.49. The summed E-state index contributed by atoms with van der Waals surface area (Å²) in [5.41, 5.74) is 1.44. The number of hydrogen-bond acceptors (Lipinski definition) is 2. The zero-order chi connectivity index (χ0) is 15.9. The summed E-state index contributed by atoms with van der Waals surface area (Å²) >= 11 is 0. The Kier molecular flexibility index (Phi) is 7.56. The van der Waals surface area contributed by atoms with Crippen molar-refractivity contribution in [3.63, 3.8) is 0 Å².